The molecule has 6 heteroatoms. The zero-order chi connectivity index (χ0) is 19.8. The van der Waals surface area contributed by atoms with Crippen molar-refractivity contribution in [1.29, 1.82) is 0 Å². The second-order valence-electron chi connectivity index (χ2n) is 7.57. The van der Waals surface area contributed by atoms with Gasteiger partial charge in [-0.1, -0.05) is 54.2 Å². The molecule has 0 radical (unpaired) electrons. The average Bonchev–Trinajstić information content (AvgIpc) is 3.48. The van der Waals surface area contributed by atoms with E-state index in [1.807, 2.05) is 31.2 Å². The molecule has 0 spiro atoms. The number of aromatic nitrogens is 3. The maximum atomic E-state index is 12.0. The number of benzene rings is 2. The Morgan fingerprint density at radius 2 is 1.93 bits per heavy atom. The highest BCUT2D eigenvalue weighted by Crippen LogP contribution is 2.40. The number of fused-ring (bicyclic) bond motifs is 1. The van der Waals surface area contributed by atoms with Gasteiger partial charge in [0.05, 0.1) is 6.54 Å². The summed E-state index contributed by atoms with van der Waals surface area (Å²) in [5, 5.41) is 10.8. The Morgan fingerprint density at radius 1 is 1.10 bits per heavy atom. The zero-order valence-corrected chi connectivity index (χ0v) is 17.0. The summed E-state index contributed by atoms with van der Waals surface area (Å²) in [7, 11) is 0. The maximum Gasteiger partial charge on any atom is 0.336 e. The van der Waals surface area contributed by atoms with Crippen molar-refractivity contribution in [1.82, 2.24) is 14.8 Å². The lowest BCUT2D eigenvalue weighted by molar-refractivity contribution is 0.559. The summed E-state index contributed by atoms with van der Waals surface area (Å²) >= 11 is 1.62. The number of hydrogen-bond donors (Lipinski definition) is 0. The van der Waals surface area contributed by atoms with Gasteiger partial charge in [0.1, 0.15) is 11.4 Å². The van der Waals surface area contributed by atoms with Crippen molar-refractivity contribution in [3.63, 3.8) is 0 Å². The van der Waals surface area contributed by atoms with Crippen molar-refractivity contribution in [2.75, 3.05) is 0 Å². The largest absolute Gasteiger partial charge is 0.423 e. The average molecular weight is 404 g/mol. The van der Waals surface area contributed by atoms with Crippen LogP contribution in [0.2, 0.25) is 0 Å². The molecule has 0 bridgehead atoms. The molecule has 0 amide bonds. The second-order valence-corrected chi connectivity index (χ2v) is 8.51. The van der Waals surface area contributed by atoms with Crippen molar-refractivity contribution < 1.29 is 4.42 Å². The zero-order valence-electron chi connectivity index (χ0n) is 16.2. The lowest BCUT2D eigenvalue weighted by Crippen LogP contribution is -2.06. The molecule has 5 nitrogen and oxygen atoms in total. The molecule has 146 valence electrons. The monoisotopic (exact) mass is 403 g/mol. The van der Waals surface area contributed by atoms with Gasteiger partial charge in [-0.05, 0) is 42.5 Å². The molecule has 1 saturated carbocycles. The SMILES string of the molecule is Cc1ccc2c(CSc3nnc(C4CC4)n3Cc3ccccc3)cc(=O)oc2c1. The smallest absolute Gasteiger partial charge is 0.336 e. The highest BCUT2D eigenvalue weighted by Gasteiger charge is 2.30. The van der Waals surface area contributed by atoms with Crippen molar-refractivity contribution in [2.45, 2.75) is 43.1 Å². The summed E-state index contributed by atoms with van der Waals surface area (Å²) in [5.74, 6) is 2.24. The molecule has 4 aromatic rings. The van der Waals surface area contributed by atoms with Crippen LogP contribution in [0.5, 0.6) is 0 Å². The third-order valence-corrected chi connectivity index (χ3v) is 6.23. The van der Waals surface area contributed by atoms with Gasteiger partial charge < -0.3 is 8.98 Å². The molecule has 1 aliphatic rings. The minimum atomic E-state index is -0.317. The van der Waals surface area contributed by atoms with Crippen molar-refractivity contribution in [3.05, 3.63) is 87.5 Å². The van der Waals surface area contributed by atoms with E-state index in [4.69, 9.17) is 4.42 Å². The summed E-state index contributed by atoms with van der Waals surface area (Å²) in [6, 6.07) is 18.0. The van der Waals surface area contributed by atoms with E-state index in [9.17, 15) is 4.79 Å². The predicted molar refractivity (Wildman–Crippen MR) is 114 cm³/mol. The first-order valence-corrected chi connectivity index (χ1v) is 10.8. The minimum Gasteiger partial charge on any atom is -0.423 e. The highest BCUT2D eigenvalue weighted by atomic mass is 32.2. The van der Waals surface area contributed by atoms with E-state index >= 15 is 0 Å². The van der Waals surface area contributed by atoms with Gasteiger partial charge in [-0.25, -0.2) is 4.79 Å². The fraction of sp³-hybridized carbons (Fsp3) is 0.261. The molecule has 0 aliphatic heterocycles. The summed E-state index contributed by atoms with van der Waals surface area (Å²) in [4.78, 5) is 12.0. The van der Waals surface area contributed by atoms with Gasteiger partial charge >= 0.3 is 5.63 Å². The summed E-state index contributed by atoms with van der Waals surface area (Å²) in [6.07, 6.45) is 2.36. The molecule has 0 atom stereocenters. The van der Waals surface area contributed by atoms with Gasteiger partial charge in [-0.2, -0.15) is 0 Å². The predicted octanol–water partition coefficient (Wildman–Crippen LogP) is 4.91. The highest BCUT2D eigenvalue weighted by molar-refractivity contribution is 7.98. The number of rotatable bonds is 6. The van der Waals surface area contributed by atoms with Gasteiger partial charge in [-0.3, -0.25) is 0 Å². The molecular formula is C23H21N3O2S. The van der Waals surface area contributed by atoms with E-state index in [0.29, 0.717) is 17.3 Å². The fourth-order valence-corrected chi connectivity index (χ4v) is 4.50. The summed E-state index contributed by atoms with van der Waals surface area (Å²) in [6.45, 7) is 2.76. The Morgan fingerprint density at radius 3 is 2.72 bits per heavy atom. The van der Waals surface area contributed by atoms with E-state index in [2.05, 4.69) is 39.0 Å². The molecule has 29 heavy (non-hydrogen) atoms. The molecule has 0 N–H and O–H groups in total. The van der Waals surface area contributed by atoms with Crippen LogP contribution >= 0.6 is 11.8 Å². The first kappa shape index (κ1) is 18.2. The molecule has 0 unspecified atom stereocenters. The van der Waals surface area contributed by atoms with Gasteiger partial charge in [0.25, 0.3) is 0 Å². The van der Waals surface area contributed by atoms with Crippen molar-refractivity contribution in [3.8, 4) is 0 Å². The Bertz CT molecular complexity index is 1230. The molecule has 5 rings (SSSR count). The van der Waals surface area contributed by atoms with Crippen molar-refractivity contribution in [2.24, 2.45) is 0 Å². The molecule has 2 aromatic heterocycles. The van der Waals surface area contributed by atoms with Crippen LogP contribution in [-0.4, -0.2) is 14.8 Å². The summed E-state index contributed by atoms with van der Waals surface area (Å²) in [5.41, 5.74) is 3.59. The normalized spacial score (nSPS) is 13.8. The quantitative estimate of drug-likeness (QED) is 0.338. The third-order valence-electron chi connectivity index (χ3n) is 5.21. The van der Waals surface area contributed by atoms with Gasteiger partial charge in [0.2, 0.25) is 0 Å². The number of thioether (sulfide) groups is 1. The van der Waals surface area contributed by atoms with Crippen LogP contribution in [0.25, 0.3) is 11.0 Å². The van der Waals surface area contributed by atoms with Gasteiger partial charge in [0, 0.05) is 23.1 Å². The molecule has 2 heterocycles. The van der Waals surface area contributed by atoms with E-state index < -0.39 is 0 Å². The first-order valence-electron chi connectivity index (χ1n) is 9.80. The van der Waals surface area contributed by atoms with Gasteiger partial charge in [-0.15, -0.1) is 10.2 Å². The molecule has 1 aliphatic carbocycles. The van der Waals surface area contributed by atoms with Crippen LogP contribution in [-0.2, 0) is 12.3 Å². The number of hydrogen-bond acceptors (Lipinski definition) is 5. The van der Waals surface area contributed by atoms with E-state index in [1.54, 1.807) is 17.8 Å². The van der Waals surface area contributed by atoms with Crippen LogP contribution in [0.4, 0.5) is 0 Å². The van der Waals surface area contributed by atoms with E-state index in [1.165, 1.54) is 18.4 Å². The van der Waals surface area contributed by atoms with Gasteiger partial charge in [0.15, 0.2) is 5.16 Å². The fourth-order valence-electron chi connectivity index (χ4n) is 3.56. The van der Waals surface area contributed by atoms with Crippen LogP contribution < -0.4 is 5.63 Å². The first-order chi connectivity index (χ1) is 14.2. The van der Waals surface area contributed by atoms with Crippen LogP contribution in [0, 0.1) is 6.92 Å². The number of nitrogens with zero attached hydrogens (tertiary/aromatic N) is 3. The molecule has 2 aromatic carbocycles. The van der Waals surface area contributed by atoms with E-state index in [-0.39, 0.29) is 5.63 Å². The Kier molecular flexibility index (Phi) is 4.72. The van der Waals surface area contributed by atoms with Crippen molar-refractivity contribution >= 4 is 22.7 Å². The Hall–Kier alpha value is -2.86. The maximum absolute atomic E-state index is 12.0. The van der Waals surface area contributed by atoms with Crippen LogP contribution in [0.1, 0.15) is 41.3 Å². The minimum absolute atomic E-state index is 0.317. The lowest BCUT2D eigenvalue weighted by Gasteiger charge is -2.10. The van der Waals surface area contributed by atoms with Crippen LogP contribution in [0.3, 0.4) is 0 Å². The molecular weight excluding hydrogens is 382 g/mol. The van der Waals surface area contributed by atoms with E-state index in [0.717, 1.165) is 34.0 Å². The lowest BCUT2D eigenvalue weighted by atomic mass is 10.1. The standard InChI is InChI=1S/C23H21N3O2S/c1-15-7-10-19-18(12-21(27)28-20(19)11-15)14-29-23-25-24-22(17-8-9-17)26(23)13-16-5-3-2-4-6-16/h2-7,10-12,17H,8-9,13-14H2,1H3. The van der Waals surface area contributed by atoms with Crippen LogP contribution in [0.15, 0.2) is 69.0 Å². The topological polar surface area (TPSA) is 60.9 Å². The summed E-state index contributed by atoms with van der Waals surface area (Å²) < 4.78 is 7.62. The second kappa shape index (κ2) is 7.52. The molecule has 1 fully saturated rings. The Balaban J connectivity index is 1.46. The third kappa shape index (κ3) is 3.85. The number of aryl methyl sites for hydroxylation is 1. The molecule has 0 saturated heterocycles. The Labute approximate surface area is 172 Å².